The monoisotopic (exact) mass is 263 g/mol. The maximum absolute atomic E-state index is 14.2. The highest BCUT2D eigenvalue weighted by molar-refractivity contribution is 5.56. The van der Waals surface area contributed by atoms with E-state index in [9.17, 15) is 9.50 Å². The minimum Gasteiger partial charge on any atom is -0.389 e. The molecule has 3 heteroatoms. The molecule has 1 N–H and O–H groups in total. The van der Waals surface area contributed by atoms with E-state index in [-0.39, 0.29) is 5.82 Å². The van der Waals surface area contributed by atoms with Gasteiger partial charge in [0.05, 0.1) is 11.8 Å². The molecule has 1 aromatic carbocycles. The van der Waals surface area contributed by atoms with Crippen molar-refractivity contribution in [3.8, 4) is 0 Å². The van der Waals surface area contributed by atoms with Crippen molar-refractivity contribution in [2.45, 2.75) is 38.7 Å². The minimum absolute atomic E-state index is 0.195. The number of para-hydroxylation sites is 1. The van der Waals surface area contributed by atoms with Crippen molar-refractivity contribution in [1.82, 2.24) is 0 Å². The van der Waals surface area contributed by atoms with Crippen molar-refractivity contribution in [1.29, 1.82) is 0 Å². The molecule has 0 amide bonds. The lowest BCUT2D eigenvalue weighted by Crippen LogP contribution is -2.30. The summed E-state index contributed by atoms with van der Waals surface area (Å²) in [5, 5.41) is 9.88. The van der Waals surface area contributed by atoms with E-state index in [1.807, 2.05) is 6.07 Å². The molecule has 104 valence electrons. The van der Waals surface area contributed by atoms with Crippen molar-refractivity contribution >= 4 is 5.69 Å². The Labute approximate surface area is 114 Å². The Bertz CT molecular complexity index is 438. The first-order valence-electron chi connectivity index (χ1n) is 7.36. The van der Waals surface area contributed by atoms with Gasteiger partial charge in [-0.2, -0.15) is 0 Å². The molecule has 0 unspecified atom stereocenters. The first kappa shape index (κ1) is 12.9. The number of anilines is 1. The van der Waals surface area contributed by atoms with Gasteiger partial charge < -0.3 is 10.0 Å². The van der Waals surface area contributed by atoms with Crippen LogP contribution in [0.3, 0.4) is 0 Å². The molecule has 0 spiro atoms. The predicted molar refractivity (Wildman–Crippen MR) is 74.7 cm³/mol. The van der Waals surface area contributed by atoms with Crippen molar-refractivity contribution < 1.29 is 9.50 Å². The molecule has 0 heterocycles. The Morgan fingerprint density at radius 2 is 1.79 bits per heavy atom. The molecule has 0 aliphatic heterocycles. The maximum Gasteiger partial charge on any atom is 0.146 e. The van der Waals surface area contributed by atoms with Crippen LogP contribution in [0.15, 0.2) is 18.2 Å². The van der Waals surface area contributed by atoms with E-state index in [0.29, 0.717) is 5.69 Å². The number of nitrogens with zero attached hydrogens (tertiary/aromatic N) is 1. The molecule has 0 radical (unpaired) electrons. The van der Waals surface area contributed by atoms with Crippen molar-refractivity contribution in [2.75, 3.05) is 18.0 Å². The van der Waals surface area contributed by atoms with Gasteiger partial charge in [0.1, 0.15) is 5.82 Å². The van der Waals surface area contributed by atoms with Crippen LogP contribution in [0.1, 0.15) is 44.3 Å². The van der Waals surface area contributed by atoms with Crippen LogP contribution in [0, 0.1) is 17.7 Å². The highest BCUT2D eigenvalue weighted by atomic mass is 19.1. The number of benzene rings is 1. The standard InChI is InChI=1S/C16H22FNO/c1-11(19)14-3-2-4-15(17)16(14)18(9-12-5-6-12)10-13-7-8-13/h2-4,11-13,19H,5-10H2,1H3/t11-/m1/s1. The third-order valence-electron chi connectivity index (χ3n) is 4.14. The quantitative estimate of drug-likeness (QED) is 0.849. The van der Waals surface area contributed by atoms with Gasteiger partial charge >= 0.3 is 0 Å². The van der Waals surface area contributed by atoms with Crippen molar-refractivity contribution in [3.05, 3.63) is 29.6 Å². The molecular formula is C16H22FNO. The van der Waals surface area contributed by atoms with Crippen LogP contribution in [-0.4, -0.2) is 18.2 Å². The summed E-state index contributed by atoms with van der Waals surface area (Å²) in [6.07, 6.45) is 4.44. The second-order valence-corrected chi connectivity index (χ2v) is 6.15. The number of halogens is 1. The zero-order valence-electron chi connectivity index (χ0n) is 11.5. The number of rotatable bonds is 6. The molecule has 0 aromatic heterocycles. The molecule has 2 saturated carbocycles. The molecule has 19 heavy (non-hydrogen) atoms. The Morgan fingerprint density at radius 3 is 2.26 bits per heavy atom. The van der Waals surface area contributed by atoms with Crippen LogP contribution in [0.5, 0.6) is 0 Å². The summed E-state index contributed by atoms with van der Waals surface area (Å²) in [6, 6.07) is 5.04. The van der Waals surface area contributed by atoms with E-state index >= 15 is 0 Å². The van der Waals surface area contributed by atoms with E-state index in [4.69, 9.17) is 0 Å². The maximum atomic E-state index is 14.2. The van der Waals surface area contributed by atoms with Gasteiger partial charge in [0.25, 0.3) is 0 Å². The lowest BCUT2D eigenvalue weighted by atomic mass is 10.1. The fourth-order valence-electron chi connectivity index (χ4n) is 2.68. The second-order valence-electron chi connectivity index (χ2n) is 6.15. The SMILES string of the molecule is C[C@@H](O)c1cccc(F)c1N(CC1CC1)CC1CC1. The smallest absolute Gasteiger partial charge is 0.146 e. The Balaban J connectivity index is 1.89. The van der Waals surface area contributed by atoms with Crippen LogP contribution in [0.2, 0.25) is 0 Å². The molecule has 2 fully saturated rings. The first-order valence-corrected chi connectivity index (χ1v) is 7.36. The molecule has 0 saturated heterocycles. The second kappa shape index (κ2) is 5.12. The van der Waals surface area contributed by atoms with Gasteiger partial charge in [0.15, 0.2) is 0 Å². The van der Waals surface area contributed by atoms with E-state index in [0.717, 1.165) is 30.5 Å². The zero-order valence-corrected chi connectivity index (χ0v) is 11.5. The lowest BCUT2D eigenvalue weighted by Gasteiger charge is -2.28. The normalized spacial score (nSPS) is 20.4. The predicted octanol–water partition coefficient (Wildman–Crippen LogP) is 3.51. The van der Waals surface area contributed by atoms with Crippen molar-refractivity contribution in [3.63, 3.8) is 0 Å². The fraction of sp³-hybridized carbons (Fsp3) is 0.625. The first-order chi connectivity index (χ1) is 9.15. The van der Waals surface area contributed by atoms with E-state index < -0.39 is 6.10 Å². The Hall–Kier alpha value is -1.09. The average Bonchev–Trinajstić information content (AvgIpc) is 3.23. The summed E-state index contributed by atoms with van der Waals surface area (Å²) in [5.41, 5.74) is 1.36. The van der Waals surface area contributed by atoms with Crippen LogP contribution in [-0.2, 0) is 0 Å². The summed E-state index contributed by atoms with van der Waals surface area (Å²) >= 11 is 0. The molecule has 3 rings (SSSR count). The zero-order chi connectivity index (χ0) is 13.4. The number of aliphatic hydroxyl groups excluding tert-OH is 1. The Kier molecular flexibility index (Phi) is 3.48. The molecule has 0 bridgehead atoms. The topological polar surface area (TPSA) is 23.5 Å². The fourth-order valence-corrected chi connectivity index (χ4v) is 2.68. The number of hydrogen-bond acceptors (Lipinski definition) is 2. The van der Waals surface area contributed by atoms with E-state index in [2.05, 4.69) is 4.90 Å². The molecule has 2 aliphatic carbocycles. The van der Waals surface area contributed by atoms with Crippen LogP contribution in [0.25, 0.3) is 0 Å². The number of aliphatic hydroxyl groups is 1. The minimum atomic E-state index is -0.619. The highest BCUT2D eigenvalue weighted by Gasteiger charge is 2.31. The van der Waals surface area contributed by atoms with Gasteiger partial charge in [0, 0.05) is 18.7 Å². The largest absolute Gasteiger partial charge is 0.389 e. The molecule has 1 atom stereocenters. The third-order valence-corrected chi connectivity index (χ3v) is 4.14. The van der Waals surface area contributed by atoms with Gasteiger partial charge in [-0.25, -0.2) is 4.39 Å². The summed E-state index contributed by atoms with van der Waals surface area (Å²) in [6.45, 7) is 3.60. The summed E-state index contributed by atoms with van der Waals surface area (Å²) in [5.74, 6) is 1.25. The molecule has 2 nitrogen and oxygen atoms in total. The van der Waals surface area contributed by atoms with E-state index in [1.54, 1.807) is 13.0 Å². The van der Waals surface area contributed by atoms with Crippen LogP contribution < -0.4 is 4.90 Å². The summed E-state index contributed by atoms with van der Waals surface area (Å²) in [7, 11) is 0. The number of hydrogen-bond donors (Lipinski definition) is 1. The average molecular weight is 263 g/mol. The van der Waals surface area contributed by atoms with Gasteiger partial charge in [-0.15, -0.1) is 0 Å². The van der Waals surface area contributed by atoms with Gasteiger partial charge in [-0.05, 0) is 50.5 Å². The summed E-state index contributed by atoms with van der Waals surface area (Å²) < 4.78 is 14.2. The Morgan fingerprint density at radius 1 is 1.21 bits per heavy atom. The van der Waals surface area contributed by atoms with Crippen LogP contribution in [0.4, 0.5) is 10.1 Å². The van der Waals surface area contributed by atoms with Gasteiger partial charge in [0.2, 0.25) is 0 Å². The highest BCUT2D eigenvalue weighted by Crippen LogP contribution is 2.38. The molecule has 2 aliphatic rings. The third kappa shape index (κ3) is 3.08. The molecular weight excluding hydrogens is 241 g/mol. The van der Waals surface area contributed by atoms with Gasteiger partial charge in [-0.1, -0.05) is 12.1 Å². The van der Waals surface area contributed by atoms with E-state index in [1.165, 1.54) is 31.7 Å². The van der Waals surface area contributed by atoms with Gasteiger partial charge in [-0.3, -0.25) is 0 Å². The van der Waals surface area contributed by atoms with Crippen LogP contribution >= 0.6 is 0 Å². The summed E-state index contributed by atoms with van der Waals surface area (Å²) in [4.78, 5) is 2.19. The lowest BCUT2D eigenvalue weighted by molar-refractivity contribution is 0.199. The van der Waals surface area contributed by atoms with Crippen molar-refractivity contribution in [2.24, 2.45) is 11.8 Å². The molecule has 1 aromatic rings.